The number of aromatic nitrogens is 3. The molecule has 2 aromatic heterocycles. The number of aryl methyl sites for hydroxylation is 1. The van der Waals surface area contributed by atoms with Crippen LogP contribution in [-0.4, -0.2) is 20.7 Å². The van der Waals surface area contributed by atoms with E-state index in [4.69, 9.17) is 0 Å². The second kappa shape index (κ2) is 6.53. The van der Waals surface area contributed by atoms with Gasteiger partial charge in [0.05, 0.1) is 11.4 Å². The summed E-state index contributed by atoms with van der Waals surface area (Å²) in [5.41, 5.74) is 2.04. The quantitative estimate of drug-likeness (QED) is 0.798. The second-order valence-corrected chi connectivity index (χ2v) is 5.78. The fourth-order valence-electron chi connectivity index (χ4n) is 2.03. The Morgan fingerprint density at radius 1 is 1.22 bits per heavy atom. The first-order valence-electron chi connectivity index (χ1n) is 6.97. The number of benzene rings is 1. The Morgan fingerprint density at radius 3 is 2.70 bits per heavy atom. The number of thiazole rings is 1. The number of anilines is 1. The molecule has 3 rings (SSSR count). The van der Waals surface area contributed by atoms with Gasteiger partial charge in [0, 0.05) is 17.0 Å². The lowest BCUT2D eigenvalue weighted by atomic mass is 10.1. The highest BCUT2D eigenvalue weighted by Gasteiger charge is 2.09. The fourth-order valence-corrected chi connectivity index (χ4v) is 2.74. The maximum atomic E-state index is 12.0. The number of nitrogens with zero attached hydrogens (tertiary/aromatic N) is 3. The van der Waals surface area contributed by atoms with Crippen molar-refractivity contribution in [3.8, 4) is 11.3 Å². The molecule has 6 nitrogen and oxygen atoms in total. The molecule has 0 aliphatic rings. The average Bonchev–Trinajstić information content (AvgIpc) is 2.95. The molecule has 1 aromatic carbocycles. The summed E-state index contributed by atoms with van der Waals surface area (Å²) >= 11 is 1.34. The Hall–Kier alpha value is -2.80. The van der Waals surface area contributed by atoms with Crippen LogP contribution in [0.4, 0.5) is 5.13 Å². The molecule has 0 fully saturated rings. The van der Waals surface area contributed by atoms with Crippen molar-refractivity contribution in [3.05, 3.63) is 63.9 Å². The summed E-state index contributed by atoms with van der Waals surface area (Å²) in [6.45, 7) is 1.69. The zero-order valence-corrected chi connectivity index (χ0v) is 13.2. The zero-order chi connectivity index (χ0) is 16.2. The molecule has 7 heteroatoms. The van der Waals surface area contributed by atoms with Crippen LogP contribution in [0.15, 0.2) is 52.6 Å². The highest BCUT2D eigenvalue weighted by molar-refractivity contribution is 7.13. The number of amides is 1. The van der Waals surface area contributed by atoms with Crippen molar-refractivity contribution >= 4 is 22.4 Å². The molecule has 0 radical (unpaired) electrons. The van der Waals surface area contributed by atoms with E-state index in [2.05, 4.69) is 15.4 Å². The number of rotatable bonds is 4. The molecule has 0 aliphatic heterocycles. The van der Waals surface area contributed by atoms with Crippen LogP contribution in [0.25, 0.3) is 11.3 Å². The first-order valence-corrected chi connectivity index (χ1v) is 7.85. The smallest absolute Gasteiger partial charge is 0.267 e. The van der Waals surface area contributed by atoms with E-state index in [0.29, 0.717) is 10.8 Å². The zero-order valence-electron chi connectivity index (χ0n) is 12.4. The highest BCUT2D eigenvalue weighted by Crippen LogP contribution is 2.15. The van der Waals surface area contributed by atoms with Gasteiger partial charge in [0.1, 0.15) is 6.54 Å². The molecule has 1 N–H and O–H groups in total. The van der Waals surface area contributed by atoms with Crippen molar-refractivity contribution in [2.45, 2.75) is 13.5 Å². The van der Waals surface area contributed by atoms with Gasteiger partial charge in [0.15, 0.2) is 5.13 Å². The largest absolute Gasteiger partial charge is 0.300 e. The van der Waals surface area contributed by atoms with Crippen molar-refractivity contribution in [1.29, 1.82) is 0 Å². The van der Waals surface area contributed by atoms with E-state index >= 15 is 0 Å². The molecular formula is C16H14N4O2S. The van der Waals surface area contributed by atoms with Gasteiger partial charge in [-0.2, -0.15) is 5.10 Å². The van der Waals surface area contributed by atoms with Crippen LogP contribution in [0.2, 0.25) is 0 Å². The SMILES string of the molecule is Cc1csc(NC(=O)Cn2nc(-c3ccccc3)ccc2=O)n1. The first kappa shape index (κ1) is 15.1. The predicted molar refractivity (Wildman–Crippen MR) is 89.4 cm³/mol. The van der Waals surface area contributed by atoms with E-state index in [9.17, 15) is 9.59 Å². The Labute approximate surface area is 136 Å². The molecule has 0 saturated heterocycles. The molecule has 0 saturated carbocycles. The molecule has 0 unspecified atom stereocenters. The molecule has 0 spiro atoms. The average molecular weight is 326 g/mol. The van der Waals surface area contributed by atoms with Crippen molar-refractivity contribution in [2.75, 3.05) is 5.32 Å². The Kier molecular flexibility index (Phi) is 4.29. The van der Waals surface area contributed by atoms with Gasteiger partial charge in [-0.3, -0.25) is 9.59 Å². The molecule has 0 aliphatic carbocycles. The van der Waals surface area contributed by atoms with Crippen LogP contribution < -0.4 is 10.9 Å². The van der Waals surface area contributed by atoms with Gasteiger partial charge in [-0.15, -0.1) is 11.3 Å². The molecular weight excluding hydrogens is 312 g/mol. The minimum Gasteiger partial charge on any atom is -0.300 e. The number of nitrogens with one attached hydrogen (secondary N) is 1. The van der Waals surface area contributed by atoms with Crippen LogP contribution in [0.3, 0.4) is 0 Å². The minimum absolute atomic E-state index is 0.155. The van der Waals surface area contributed by atoms with E-state index in [1.165, 1.54) is 17.4 Å². The summed E-state index contributed by atoms with van der Waals surface area (Å²) in [7, 11) is 0. The van der Waals surface area contributed by atoms with Gasteiger partial charge < -0.3 is 5.32 Å². The standard InChI is InChI=1S/C16H14N4O2S/c1-11-10-23-16(17-11)18-14(21)9-20-15(22)8-7-13(19-20)12-5-3-2-4-6-12/h2-8,10H,9H2,1H3,(H,17,18,21). The van der Waals surface area contributed by atoms with Gasteiger partial charge >= 0.3 is 0 Å². The fraction of sp³-hybridized carbons (Fsp3) is 0.125. The molecule has 3 aromatic rings. The molecule has 116 valence electrons. The van der Waals surface area contributed by atoms with E-state index in [1.54, 1.807) is 6.07 Å². The van der Waals surface area contributed by atoms with Gasteiger partial charge in [-0.25, -0.2) is 9.67 Å². The van der Waals surface area contributed by atoms with Crippen LogP contribution in [0, 0.1) is 6.92 Å². The third-order valence-corrected chi connectivity index (χ3v) is 3.97. The predicted octanol–water partition coefficient (Wildman–Crippen LogP) is 2.31. The third kappa shape index (κ3) is 3.70. The Balaban J connectivity index is 1.79. The number of carbonyl (C=O) groups is 1. The van der Waals surface area contributed by atoms with Crippen LogP contribution >= 0.6 is 11.3 Å². The summed E-state index contributed by atoms with van der Waals surface area (Å²) in [6, 6.07) is 12.6. The minimum atomic E-state index is -0.334. The second-order valence-electron chi connectivity index (χ2n) is 4.92. The lowest BCUT2D eigenvalue weighted by Gasteiger charge is -2.07. The summed E-state index contributed by atoms with van der Waals surface area (Å²) in [4.78, 5) is 28.1. The van der Waals surface area contributed by atoms with E-state index in [0.717, 1.165) is 15.9 Å². The number of hydrogen-bond donors (Lipinski definition) is 1. The molecule has 0 atom stereocenters. The summed E-state index contributed by atoms with van der Waals surface area (Å²) < 4.78 is 1.15. The maximum absolute atomic E-state index is 12.0. The maximum Gasteiger partial charge on any atom is 0.267 e. The van der Waals surface area contributed by atoms with E-state index in [1.807, 2.05) is 42.6 Å². The molecule has 1 amide bonds. The molecule has 23 heavy (non-hydrogen) atoms. The van der Waals surface area contributed by atoms with Crippen molar-refractivity contribution < 1.29 is 4.79 Å². The van der Waals surface area contributed by atoms with Crippen LogP contribution in [-0.2, 0) is 11.3 Å². The number of hydrogen-bond acceptors (Lipinski definition) is 5. The van der Waals surface area contributed by atoms with Gasteiger partial charge in [-0.1, -0.05) is 30.3 Å². The Morgan fingerprint density at radius 2 is 2.00 bits per heavy atom. The highest BCUT2D eigenvalue weighted by atomic mass is 32.1. The van der Waals surface area contributed by atoms with Gasteiger partial charge in [0.2, 0.25) is 5.91 Å². The first-order chi connectivity index (χ1) is 11.1. The van der Waals surface area contributed by atoms with Crippen LogP contribution in [0.1, 0.15) is 5.69 Å². The summed E-state index contributed by atoms with van der Waals surface area (Å²) in [5, 5.41) is 9.28. The van der Waals surface area contributed by atoms with Gasteiger partial charge in [-0.05, 0) is 13.0 Å². The van der Waals surface area contributed by atoms with E-state index in [-0.39, 0.29) is 18.0 Å². The monoisotopic (exact) mass is 326 g/mol. The van der Waals surface area contributed by atoms with Gasteiger partial charge in [0.25, 0.3) is 5.56 Å². The summed E-state index contributed by atoms with van der Waals surface area (Å²) in [6.07, 6.45) is 0. The van der Waals surface area contributed by atoms with Crippen molar-refractivity contribution in [2.24, 2.45) is 0 Å². The lowest BCUT2D eigenvalue weighted by Crippen LogP contribution is -2.29. The van der Waals surface area contributed by atoms with E-state index < -0.39 is 0 Å². The number of carbonyl (C=O) groups excluding carboxylic acids is 1. The third-order valence-electron chi connectivity index (χ3n) is 3.09. The molecule has 0 bridgehead atoms. The van der Waals surface area contributed by atoms with Crippen LogP contribution in [0.5, 0.6) is 0 Å². The van der Waals surface area contributed by atoms with Crippen molar-refractivity contribution in [3.63, 3.8) is 0 Å². The Bertz CT molecular complexity index is 886. The lowest BCUT2D eigenvalue weighted by molar-refractivity contribution is -0.117. The normalized spacial score (nSPS) is 10.5. The molecule has 2 heterocycles. The topological polar surface area (TPSA) is 76.9 Å². The summed E-state index contributed by atoms with van der Waals surface area (Å²) in [5.74, 6) is -0.334. The van der Waals surface area contributed by atoms with Crippen molar-refractivity contribution in [1.82, 2.24) is 14.8 Å².